The van der Waals surface area contributed by atoms with Gasteiger partial charge in [-0.15, -0.1) is 0 Å². The second-order valence-corrected chi connectivity index (χ2v) is 4.94. The fraction of sp³-hybridized carbons (Fsp3) is 0.533. The van der Waals surface area contributed by atoms with Crippen LogP contribution < -0.4 is 10.5 Å². The van der Waals surface area contributed by atoms with Crippen molar-refractivity contribution < 1.29 is 9.53 Å². The molecule has 0 heterocycles. The van der Waals surface area contributed by atoms with E-state index in [1.807, 2.05) is 31.2 Å². The molecule has 2 N–H and O–H groups in total. The van der Waals surface area contributed by atoms with Crippen LogP contribution in [0.2, 0.25) is 0 Å². The van der Waals surface area contributed by atoms with E-state index in [0.29, 0.717) is 6.61 Å². The number of rotatable bonds is 4. The molecule has 0 bridgehead atoms. The van der Waals surface area contributed by atoms with Gasteiger partial charge in [0, 0.05) is 17.5 Å². The minimum Gasteiger partial charge on any atom is -0.494 e. The zero-order chi connectivity index (χ0) is 13.0. The van der Waals surface area contributed by atoms with Gasteiger partial charge in [0.15, 0.2) is 5.78 Å². The maximum absolute atomic E-state index is 12.4. The number of Topliss-reactive ketones (excluding diaryl/α,β-unsaturated/α-hetero) is 1. The van der Waals surface area contributed by atoms with Crippen LogP contribution in [-0.4, -0.2) is 18.4 Å². The fourth-order valence-corrected chi connectivity index (χ4v) is 2.52. The van der Waals surface area contributed by atoms with Crippen LogP contribution in [0.25, 0.3) is 0 Å². The molecule has 2 rings (SSSR count). The predicted octanol–water partition coefficient (Wildman–Crippen LogP) is 2.79. The number of ketones is 1. The highest BCUT2D eigenvalue weighted by atomic mass is 16.5. The molecule has 0 atom stereocenters. The average molecular weight is 247 g/mol. The monoisotopic (exact) mass is 247 g/mol. The van der Waals surface area contributed by atoms with E-state index in [-0.39, 0.29) is 17.7 Å². The molecule has 1 fully saturated rings. The fourth-order valence-electron chi connectivity index (χ4n) is 2.52. The Morgan fingerprint density at radius 1 is 1.33 bits per heavy atom. The van der Waals surface area contributed by atoms with Crippen LogP contribution >= 0.6 is 0 Å². The quantitative estimate of drug-likeness (QED) is 0.832. The number of benzene rings is 1. The van der Waals surface area contributed by atoms with E-state index in [2.05, 4.69) is 0 Å². The molecule has 0 aliphatic heterocycles. The summed E-state index contributed by atoms with van der Waals surface area (Å²) in [6.45, 7) is 2.56. The van der Waals surface area contributed by atoms with Crippen LogP contribution in [-0.2, 0) is 0 Å². The summed E-state index contributed by atoms with van der Waals surface area (Å²) in [6, 6.07) is 7.77. The lowest BCUT2D eigenvalue weighted by Crippen LogP contribution is -2.29. The minimum atomic E-state index is 0.140. The van der Waals surface area contributed by atoms with Crippen LogP contribution in [0.15, 0.2) is 24.3 Å². The molecule has 98 valence electrons. The Kier molecular flexibility index (Phi) is 4.37. The molecule has 1 aliphatic rings. The van der Waals surface area contributed by atoms with Gasteiger partial charge in [0.2, 0.25) is 0 Å². The normalized spacial score (nSPS) is 23.7. The highest BCUT2D eigenvalue weighted by Gasteiger charge is 2.25. The van der Waals surface area contributed by atoms with E-state index >= 15 is 0 Å². The molecule has 1 aromatic carbocycles. The largest absolute Gasteiger partial charge is 0.494 e. The van der Waals surface area contributed by atoms with E-state index in [0.717, 1.165) is 37.0 Å². The van der Waals surface area contributed by atoms with Crippen LogP contribution in [0.5, 0.6) is 5.75 Å². The molecule has 1 aliphatic carbocycles. The number of nitrogens with two attached hydrogens (primary N) is 1. The summed E-state index contributed by atoms with van der Waals surface area (Å²) in [5.74, 6) is 1.15. The van der Waals surface area contributed by atoms with Crippen LogP contribution in [0.4, 0.5) is 0 Å². The van der Waals surface area contributed by atoms with E-state index in [4.69, 9.17) is 10.5 Å². The van der Waals surface area contributed by atoms with Crippen LogP contribution in [0.1, 0.15) is 43.0 Å². The van der Waals surface area contributed by atoms with Crippen molar-refractivity contribution >= 4 is 5.78 Å². The molecule has 3 nitrogen and oxygen atoms in total. The standard InChI is InChI=1S/C15H21NO2/c1-2-18-14-5-3-4-12(10-14)15(17)11-6-8-13(16)9-7-11/h3-5,10-11,13H,2,6-9,16H2,1H3. The summed E-state index contributed by atoms with van der Waals surface area (Å²) in [5, 5.41) is 0. The Balaban J connectivity index is 2.06. The zero-order valence-corrected chi connectivity index (χ0v) is 10.9. The molecule has 3 heteroatoms. The Morgan fingerprint density at radius 3 is 2.72 bits per heavy atom. The topological polar surface area (TPSA) is 52.3 Å². The van der Waals surface area contributed by atoms with Gasteiger partial charge in [0.1, 0.15) is 5.75 Å². The van der Waals surface area contributed by atoms with Crippen molar-refractivity contribution in [2.45, 2.75) is 38.6 Å². The Morgan fingerprint density at radius 2 is 2.06 bits per heavy atom. The maximum atomic E-state index is 12.4. The first-order valence-corrected chi connectivity index (χ1v) is 6.73. The summed E-state index contributed by atoms with van der Waals surface area (Å²) >= 11 is 0. The molecule has 0 spiro atoms. The van der Waals surface area contributed by atoms with E-state index < -0.39 is 0 Å². The summed E-state index contributed by atoms with van der Waals surface area (Å²) in [4.78, 5) is 12.4. The first-order valence-electron chi connectivity index (χ1n) is 6.73. The van der Waals surface area contributed by atoms with Crippen molar-refractivity contribution in [3.8, 4) is 5.75 Å². The third-order valence-electron chi connectivity index (χ3n) is 3.57. The maximum Gasteiger partial charge on any atom is 0.166 e. The number of ether oxygens (including phenoxy) is 1. The lowest BCUT2D eigenvalue weighted by Gasteiger charge is -2.25. The lowest BCUT2D eigenvalue weighted by molar-refractivity contribution is 0.0884. The van der Waals surface area contributed by atoms with Crippen molar-refractivity contribution in [3.63, 3.8) is 0 Å². The van der Waals surface area contributed by atoms with Crippen molar-refractivity contribution in [2.75, 3.05) is 6.61 Å². The van der Waals surface area contributed by atoms with Crippen molar-refractivity contribution in [2.24, 2.45) is 11.7 Å². The Labute approximate surface area is 108 Å². The van der Waals surface area contributed by atoms with Crippen molar-refractivity contribution in [1.29, 1.82) is 0 Å². The minimum absolute atomic E-state index is 0.140. The molecule has 1 aromatic rings. The number of carbonyl (C=O) groups is 1. The second kappa shape index (κ2) is 6.01. The van der Waals surface area contributed by atoms with E-state index in [1.54, 1.807) is 0 Å². The smallest absolute Gasteiger partial charge is 0.166 e. The first kappa shape index (κ1) is 13.1. The van der Waals surface area contributed by atoms with Gasteiger partial charge in [-0.2, -0.15) is 0 Å². The number of hydrogen-bond donors (Lipinski definition) is 1. The van der Waals surface area contributed by atoms with Gasteiger partial charge in [0.25, 0.3) is 0 Å². The predicted molar refractivity (Wildman–Crippen MR) is 71.9 cm³/mol. The number of carbonyl (C=O) groups excluding carboxylic acids is 1. The molecule has 0 aromatic heterocycles. The first-order chi connectivity index (χ1) is 8.70. The molecular formula is C15H21NO2. The van der Waals surface area contributed by atoms with Crippen LogP contribution in [0.3, 0.4) is 0 Å². The van der Waals surface area contributed by atoms with Crippen molar-refractivity contribution in [1.82, 2.24) is 0 Å². The molecule has 0 unspecified atom stereocenters. The Bertz CT molecular complexity index is 409. The van der Waals surface area contributed by atoms with Crippen molar-refractivity contribution in [3.05, 3.63) is 29.8 Å². The van der Waals surface area contributed by atoms with Gasteiger partial charge in [-0.05, 0) is 44.7 Å². The number of hydrogen-bond acceptors (Lipinski definition) is 3. The summed E-state index contributed by atoms with van der Waals surface area (Å²) in [5.41, 5.74) is 6.63. The second-order valence-electron chi connectivity index (χ2n) is 4.94. The molecular weight excluding hydrogens is 226 g/mol. The van der Waals surface area contributed by atoms with Gasteiger partial charge >= 0.3 is 0 Å². The summed E-state index contributed by atoms with van der Waals surface area (Å²) in [6.07, 6.45) is 3.75. The molecule has 18 heavy (non-hydrogen) atoms. The molecule has 1 saturated carbocycles. The van der Waals surface area contributed by atoms with Gasteiger partial charge in [-0.1, -0.05) is 12.1 Å². The molecule has 0 saturated heterocycles. The average Bonchev–Trinajstić information content (AvgIpc) is 2.39. The third kappa shape index (κ3) is 3.10. The SMILES string of the molecule is CCOc1cccc(C(=O)C2CCC(N)CC2)c1. The molecule has 0 radical (unpaired) electrons. The van der Waals surface area contributed by atoms with E-state index in [9.17, 15) is 4.79 Å². The molecule has 0 amide bonds. The van der Waals surface area contributed by atoms with Gasteiger partial charge in [-0.25, -0.2) is 0 Å². The van der Waals surface area contributed by atoms with E-state index in [1.165, 1.54) is 0 Å². The summed E-state index contributed by atoms with van der Waals surface area (Å²) in [7, 11) is 0. The lowest BCUT2D eigenvalue weighted by atomic mass is 9.82. The van der Waals surface area contributed by atoms with Crippen LogP contribution in [0, 0.1) is 5.92 Å². The summed E-state index contributed by atoms with van der Waals surface area (Å²) < 4.78 is 5.43. The van der Waals surface area contributed by atoms with Gasteiger partial charge < -0.3 is 10.5 Å². The van der Waals surface area contributed by atoms with Gasteiger partial charge in [0.05, 0.1) is 6.61 Å². The zero-order valence-electron chi connectivity index (χ0n) is 10.9. The third-order valence-corrected chi connectivity index (χ3v) is 3.57. The highest BCUT2D eigenvalue weighted by Crippen LogP contribution is 2.27. The highest BCUT2D eigenvalue weighted by molar-refractivity contribution is 5.98. The van der Waals surface area contributed by atoms with Gasteiger partial charge in [-0.3, -0.25) is 4.79 Å². The Hall–Kier alpha value is -1.35.